The third kappa shape index (κ3) is 6.44. The Bertz CT molecular complexity index is 709. The topological polar surface area (TPSA) is 44.5 Å². The minimum absolute atomic E-state index is 0.557. The van der Waals surface area contributed by atoms with Crippen molar-refractivity contribution in [1.82, 2.24) is 0 Å². The van der Waals surface area contributed by atoms with Crippen LogP contribution >= 0.6 is 11.6 Å². The Labute approximate surface area is 169 Å². The molecular weight excluding hydrogens is 358 g/mol. The number of hydrogen-bond donors (Lipinski definition) is 1. The van der Waals surface area contributed by atoms with Gasteiger partial charge in [0.15, 0.2) is 0 Å². The molecule has 0 heterocycles. The van der Waals surface area contributed by atoms with Crippen LogP contribution in [-0.4, -0.2) is 14.2 Å². The number of halogens is 1. The van der Waals surface area contributed by atoms with Crippen molar-refractivity contribution in [3.05, 3.63) is 57.1 Å². The van der Waals surface area contributed by atoms with Crippen molar-refractivity contribution in [3.63, 3.8) is 0 Å². The summed E-state index contributed by atoms with van der Waals surface area (Å²) in [4.78, 5) is 0. The molecule has 0 aromatic heterocycles. The zero-order valence-corrected chi connectivity index (χ0v) is 18.4. The summed E-state index contributed by atoms with van der Waals surface area (Å²) in [5.74, 6) is 2.09. The number of fused-ring (bicyclic) bond motifs is 1. The Hall–Kier alpha value is -1.71. The van der Waals surface area contributed by atoms with E-state index >= 15 is 0 Å². The molecule has 27 heavy (non-hydrogen) atoms. The van der Waals surface area contributed by atoms with E-state index in [9.17, 15) is 0 Å². The largest absolute Gasteiger partial charge is 0.496 e. The maximum Gasteiger partial charge on any atom is 0.125 e. The van der Waals surface area contributed by atoms with Crippen molar-refractivity contribution >= 4 is 11.6 Å². The lowest BCUT2D eigenvalue weighted by Crippen LogP contribution is -2.08. The van der Waals surface area contributed by atoms with Gasteiger partial charge in [0.2, 0.25) is 0 Å². The highest BCUT2D eigenvalue weighted by Crippen LogP contribution is 2.38. The van der Waals surface area contributed by atoms with Crippen molar-refractivity contribution < 1.29 is 9.47 Å². The predicted molar refractivity (Wildman–Crippen MR) is 116 cm³/mol. The van der Waals surface area contributed by atoms with Gasteiger partial charge >= 0.3 is 0 Å². The number of benzene rings is 2. The van der Waals surface area contributed by atoms with Crippen molar-refractivity contribution in [1.29, 1.82) is 0 Å². The van der Waals surface area contributed by atoms with Crippen LogP contribution in [0.25, 0.3) is 0 Å². The van der Waals surface area contributed by atoms with Gasteiger partial charge in [-0.3, -0.25) is 0 Å². The first-order valence-corrected chi connectivity index (χ1v) is 10.1. The minimum Gasteiger partial charge on any atom is -0.496 e. The molecule has 150 valence electrons. The molecule has 0 atom stereocenters. The molecule has 1 aliphatic carbocycles. The fourth-order valence-electron chi connectivity index (χ4n) is 3.41. The van der Waals surface area contributed by atoms with E-state index in [1.54, 1.807) is 14.2 Å². The van der Waals surface area contributed by atoms with Gasteiger partial charge < -0.3 is 15.2 Å². The summed E-state index contributed by atoms with van der Waals surface area (Å²) in [6.45, 7) is 8.64. The lowest BCUT2D eigenvalue weighted by atomic mass is 9.88. The van der Waals surface area contributed by atoms with Gasteiger partial charge in [-0.1, -0.05) is 31.5 Å². The van der Waals surface area contributed by atoms with Gasteiger partial charge in [-0.05, 0) is 74.4 Å². The summed E-state index contributed by atoms with van der Waals surface area (Å²) < 4.78 is 10.9. The maximum atomic E-state index is 5.77. The number of nitrogens with two attached hydrogens (primary N) is 1. The molecule has 1 aliphatic rings. The molecule has 0 saturated carbocycles. The molecule has 3 rings (SSSR count). The minimum atomic E-state index is 0.557. The molecule has 0 bridgehead atoms. The maximum absolute atomic E-state index is 5.77. The zero-order chi connectivity index (χ0) is 20.4. The van der Waals surface area contributed by atoms with Gasteiger partial charge in [-0.25, -0.2) is 0 Å². The van der Waals surface area contributed by atoms with Crippen LogP contribution in [0.4, 0.5) is 0 Å². The molecular formula is C23H34ClNO2. The third-order valence-electron chi connectivity index (χ3n) is 4.51. The van der Waals surface area contributed by atoms with Gasteiger partial charge in [-0.15, -0.1) is 0 Å². The summed E-state index contributed by atoms with van der Waals surface area (Å²) >= 11 is 5.77. The summed E-state index contributed by atoms with van der Waals surface area (Å²) in [6.07, 6.45) is 4.76. The molecule has 0 aliphatic heterocycles. The summed E-state index contributed by atoms with van der Waals surface area (Å²) in [7, 11) is 3.50. The highest BCUT2D eigenvalue weighted by Gasteiger charge is 2.20. The number of hydrogen-bond acceptors (Lipinski definition) is 3. The fourth-order valence-corrected chi connectivity index (χ4v) is 3.72. The van der Waals surface area contributed by atoms with Crippen molar-refractivity contribution in [3.8, 4) is 11.5 Å². The first-order chi connectivity index (χ1) is 13.0. The number of methoxy groups -OCH3 is 2. The monoisotopic (exact) mass is 391 g/mol. The van der Waals surface area contributed by atoms with E-state index in [0.29, 0.717) is 6.54 Å². The van der Waals surface area contributed by atoms with E-state index in [0.717, 1.165) is 40.5 Å². The number of ether oxygens (including phenoxy) is 2. The van der Waals surface area contributed by atoms with Gasteiger partial charge in [-0.2, -0.15) is 0 Å². The Morgan fingerprint density at radius 1 is 0.926 bits per heavy atom. The second kappa shape index (κ2) is 11.9. The third-order valence-corrected chi connectivity index (χ3v) is 4.72. The quantitative estimate of drug-likeness (QED) is 0.695. The molecule has 0 unspecified atom stereocenters. The van der Waals surface area contributed by atoms with Crippen LogP contribution in [0.3, 0.4) is 0 Å². The molecule has 0 radical (unpaired) electrons. The van der Waals surface area contributed by atoms with E-state index in [1.165, 1.54) is 29.5 Å². The first kappa shape index (κ1) is 23.3. The smallest absolute Gasteiger partial charge is 0.125 e. The molecule has 3 nitrogen and oxygen atoms in total. The second-order valence-electron chi connectivity index (χ2n) is 6.43. The normalized spacial score (nSPS) is 12.0. The Balaban J connectivity index is 0.000000265. The van der Waals surface area contributed by atoms with Crippen molar-refractivity contribution in [2.45, 2.75) is 59.9 Å². The Morgan fingerprint density at radius 3 is 2.07 bits per heavy atom. The van der Waals surface area contributed by atoms with Crippen LogP contribution < -0.4 is 15.2 Å². The average Bonchev–Trinajstić information content (AvgIpc) is 2.68. The predicted octanol–water partition coefficient (Wildman–Crippen LogP) is 6.02. The molecule has 4 heteroatoms. The molecule has 2 aromatic rings. The van der Waals surface area contributed by atoms with Crippen LogP contribution in [-0.2, 0) is 19.4 Å². The van der Waals surface area contributed by atoms with Crippen molar-refractivity contribution in [2.75, 3.05) is 14.2 Å². The van der Waals surface area contributed by atoms with E-state index in [4.69, 9.17) is 26.8 Å². The van der Waals surface area contributed by atoms with Gasteiger partial charge in [0.1, 0.15) is 11.5 Å². The molecule has 0 saturated heterocycles. The van der Waals surface area contributed by atoms with Crippen LogP contribution in [0.5, 0.6) is 11.5 Å². The Kier molecular flexibility index (Phi) is 10.3. The molecule has 2 N–H and O–H groups in total. The summed E-state index contributed by atoms with van der Waals surface area (Å²) in [5, 5.41) is 0.764. The molecule has 0 spiro atoms. The lowest BCUT2D eigenvalue weighted by Gasteiger charge is -2.22. The molecule has 2 aromatic carbocycles. The zero-order valence-electron chi connectivity index (χ0n) is 17.6. The molecule has 0 fully saturated rings. The number of rotatable bonds is 3. The number of aryl methyl sites for hydroxylation is 2. The van der Waals surface area contributed by atoms with Gasteiger partial charge in [0, 0.05) is 22.7 Å². The van der Waals surface area contributed by atoms with E-state index in [1.807, 2.05) is 39.0 Å². The summed E-state index contributed by atoms with van der Waals surface area (Å²) in [6, 6.07) is 7.92. The van der Waals surface area contributed by atoms with Gasteiger partial charge in [0.05, 0.1) is 14.2 Å². The standard InChI is InChI=1S/C13H18O2.C8H10ClN.C2H6/c1-9-8-12(14-2)10-6-4-5-7-11(10)13(9)15-3;1-6-2-7(5-10)4-8(9)3-6;1-2/h8H,4-7H2,1-3H3;2-4H,5,10H2,1H3;1-2H3. The molecule has 0 amide bonds. The SMILES string of the molecule is CC.COc1cc(C)c(OC)c2c1CCCC2.Cc1cc(Cl)cc(CN)c1. The van der Waals surface area contributed by atoms with Crippen molar-refractivity contribution in [2.24, 2.45) is 5.73 Å². The van der Waals surface area contributed by atoms with Crippen LogP contribution in [0.2, 0.25) is 5.02 Å². The summed E-state index contributed by atoms with van der Waals surface area (Å²) in [5.41, 5.74) is 11.6. The van der Waals surface area contributed by atoms with Crippen LogP contribution in [0.15, 0.2) is 24.3 Å². The van der Waals surface area contributed by atoms with E-state index in [-0.39, 0.29) is 0 Å². The van der Waals surface area contributed by atoms with E-state index < -0.39 is 0 Å². The fraction of sp³-hybridized carbons (Fsp3) is 0.478. The highest BCUT2D eigenvalue weighted by molar-refractivity contribution is 6.30. The highest BCUT2D eigenvalue weighted by atomic mass is 35.5. The average molecular weight is 392 g/mol. The van der Waals surface area contributed by atoms with Crippen LogP contribution in [0, 0.1) is 13.8 Å². The Morgan fingerprint density at radius 2 is 1.56 bits per heavy atom. The second-order valence-corrected chi connectivity index (χ2v) is 6.87. The van der Waals surface area contributed by atoms with Crippen LogP contribution in [0.1, 0.15) is 54.5 Å². The lowest BCUT2D eigenvalue weighted by molar-refractivity contribution is 0.387. The van der Waals surface area contributed by atoms with E-state index in [2.05, 4.69) is 13.0 Å². The first-order valence-electron chi connectivity index (χ1n) is 9.69. The van der Waals surface area contributed by atoms with Gasteiger partial charge in [0.25, 0.3) is 0 Å².